The van der Waals surface area contributed by atoms with E-state index in [0.29, 0.717) is 24.5 Å². The number of nitrogens with zero attached hydrogens (tertiary/aromatic N) is 3. The predicted molar refractivity (Wildman–Crippen MR) is 102 cm³/mol. The first-order valence-electron chi connectivity index (χ1n) is 10.1. The first-order chi connectivity index (χ1) is 14.8. The molecule has 1 aliphatic heterocycles. The summed E-state index contributed by atoms with van der Waals surface area (Å²) in [4.78, 5) is 16.9. The zero-order valence-corrected chi connectivity index (χ0v) is 16.4. The fraction of sp³-hybridized carbons (Fsp3) is 0.409. The number of carbonyl (C=O) groups excluding carboxylic acids is 1. The molecule has 0 saturated heterocycles. The molecule has 5 nitrogen and oxygen atoms in total. The van der Waals surface area contributed by atoms with E-state index in [1.54, 1.807) is 6.21 Å². The number of benzene rings is 1. The highest BCUT2D eigenvalue weighted by Gasteiger charge is 2.59. The van der Waals surface area contributed by atoms with E-state index in [-0.39, 0.29) is 35.6 Å². The van der Waals surface area contributed by atoms with Gasteiger partial charge in [0.15, 0.2) is 5.82 Å². The smallest absolute Gasteiger partial charge is 0.250 e. The number of fused-ring (bicyclic) bond motifs is 1. The molecule has 3 saturated carbocycles. The Hall–Kier alpha value is -2.97. The van der Waals surface area contributed by atoms with Crippen molar-refractivity contribution in [1.29, 1.82) is 0 Å². The van der Waals surface area contributed by atoms with Crippen molar-refractivity contribution >= 4 is 12.1 Å². The van der Waals surface area contributed by atoms with E-state index < -0.39 is 29.3 Å². The molecule has 3 fully saturated rings. The lowest BCUT2D eigenvalue weighted by Crippen LogP contribution is -2.36. The topological polar surface area (TPSA) is 54.8 Å². The van der Waals surface area contributed by atoms with Crippen LogP contribution in [0.1, 0.15) is 37.3 Å². The Balaban J connectivity index is 1.26. The van der Waals surface area contributed by atoms with Crippen LogP contribution < -0.4 is 4.74 Å². The van der Waals surface area contributed by atoms with E-state index in [1.807, 2.05) is 0 Å². The molecule has 9 heteroatoms. The van der Waals surface area contributed by atoms with Gasteiger partial charge in [0.1, 0.15) is 17.5 Å². The van der Waals surface area contributed by atoms with Crippen molar-refractivity contribution in [3.8, 4) is 5.88 Å². The van der Waals surface area contributed by atoms with Crippen LogP contribution in [0, 0.1) is 40.5 Å². The molecular weight excluding hydrogens is 414 g/mol. The highest BCUT2D eigenvalue weighted by Crippen LogP contribution is 2.62. The predicted octanol–water partition coefficient (Wildman–Crippen LogP) is 4.39. The largest absolute Gasteiger partial charge is 0.475 e. The monoisotopic (exact) mass is 433 g/mol. The number of hydrazone groups is 1. The maximum Gasteiger partial charge on any atom is 0.250 e. The Kier molecular flexibility index (Phi) is 4.71. The summed E-state index contributed by atoms with van der Waals surface area (Å²) in [6.07, 6.45) is 4.91. The van der Waals surface area contributed by atoms with Gasteiger partial charge in [-0.1, -0.05) is 0 Å². The Morgan fingerprint density at radius 1 is 1.06 bits per heavy atom. The molecule has 2 heterocycles. The van der Waals surface area contributed by atoms with Crippen LogP contribution in [0.3, 0.4) is 0 Å². The normalized spacial score (nSPS) is 28.6. The van der Waals surface area contributed by atoms with Crippen LogP contribution >= 0.6 is 0 Å². The van der Waals surface area contributed by atoms with Gasteiger partial charge in [0.05, 0.1) is 18.8 Å². The first-order valence-corrected chi connectivity index (χ1v) is 10.1. The fourth-order valence-electron chi connectivity index (χ4n) is 5.17. The van der Waals surface area contributed by atoms with Gasteiger partial charge in [0.2, 0.25) is 5.91 Å². The third-order valence-corrected chi connectivity index (χ3v) is 6.54. The van der Waals surface area contributed by atoms with Crippen LogP contribution in [0.4, 0.5) is 17.6 Å². The van der Waals surface area contributed by atoms with E-state index in [4.69, 9.17) is 4.74 Å². The highest BCUT2D eigenvalue weighted by atomic mass is 19.1. The molecule has 162 valence electrons. The number of hydrogen-bond acceptors (Lipinski definition) is 4. The van der Waals surface area contributed by atoms with Crippen LogP contribution in [0.25, 0.3) is 0 Å². The van der Waals surface area contributed by atoms with E-state index in [1.165, 1.54) is 17.1 Å². The minimum Gasteiger partial charge on any atom is -0.475 e. The van der Waals surface area contributed by atoms with Crippen molar-refractivity contribution < 1.29 is 27.1 Å². The molecule has 2 aromatic rings. The van der Waals surface area contributed by atoms with Gasteiger partial charge < -0.3 is 4.74 Å². The number of pyridine rings is 1. The molecule has 0 radical (unpaired) electrons. The van der Waals surface area contributed by atoms with Crippen LogP contribution in [0.5, 0.6) is 5.88 Å². The van der Waals surface area contributed by atoms with E-state index in [9.17, 15) is 22.4 Å². The van der Waals surface area contributed by atoms with Crippen molar-refractivity contribution in [3.05, 3.63) is 59.3 Å². The van der Waals surface area contributed by atoms with Gasteiger partial charge in [0.25, 0.3) is 5.88 Å². The molecule has 1 aromatic carbocycles. The summed E-state index contributed by atoms with van der Waals surface area (Å²) in [6.45, 7) is 0.185. The fourth-order valence-corrected chi connectivity index (χ4v) is 5.17. The van der Waals surface area contributed by atoms with E-state index in [0.717, 1.165) is 25.1 Å². The maximum atomic E-state index is 13.8. The average molecular weight is 433 g/mol. The Morgan fingerprint density at radius 3 is 2.52 bits per heavy atom. The van der Waals surface area contributed by atoms with Crippen LogP contribution in [-0.2, 0) is 4.79 Å². The molecule has 0 N–H and O–H groups in total. The summed E-state index contributed by atoms with van der Waals surface area (Å²) in [5, 5.41) is 5.50. The lowest BCUT2D eigenvalue weighted by atomic mass is 9.70. The number of hydrogen-bond donors (Lipinski definition) is 0. The quantitative estimate of drug-likeness (QED) is 0.658. The number of rotatable bonds is 5. The Labute approximate surface area is 175 Å². The molecule has 0 spiro atoms. The summed E-state index contributed by atoms with van der Waals surface area (Å²) in [7, 11) is 0. The maximum absolute atomic E-state index is 13.8. The molecular formula is C22H19F4N3O2. The van der Waals surface area contributed by atoms with Crippen molar-refractivity contribution in [2.75, 3.05) is 6.61 Å². The minimum absolute atomic E-state index is 0.155. The molecule has 1 aromatic heterocycles. The highest BCUT2D eigenvalue weighted by molar-refractivity contribution is 5.83. The Morgan fingerprint density at radius 2 is 1.81 bits per heavy atom. The molecule has 2 atom stereocenters. The van der Waals surface area contributed by atoms with Gasteiger partial charge in [-0.15, -0.1) is 0 Å². The minimum atomic E-state index is -0.866. The molecule has 4 aliphatic rings. The summed E-state index contributed by atoms with van der Waals surface area (Å²) < 4.78 is 59.6. The van der Waals surface area contributed by atoms with Gasteiger partial charge in [-0.25, -0.2) is 27.6 Å². The second-order valence-corrected chi connectivity index (χ2v) is 8.64. The van der Waals surface area contributed by atoms with Crippen LogP contribution in [0.15, 0.2) is 35.6 Å². The number of ether oxygens (including phenoxy) is 1. The number of amides is 1. The summed E-state index contributed by atoms with van der Waals surface area (Å²) in [6, 6.07) is 3.40. The number of aromatic nitrogens is 1. The van der Waals surface area contributed by atoms with Crippen molar-refractivity contribution in [3.63, 3.8) is 0 Å². The zero-order valence-electron chi connectivity index (χ0n) is 16.4. The third kappa shape index (κ3) is 3.55. The van der Waals surface area contributed by atoms with E-state index >= 15 is 0 Å². The van der Waals surface area contributed by atoms with Gasteiger partial charge in [0, 0.05) is 36.1 Å². The summed E-state index contributed by atoms with van der Waals surface area (Å²) >= 11 is 0. The zero-order chi connectivity index (χ0) is 21.8. The molecule has 6 rings (SSSR count). The van der Waals surface area contributed by atoms with Crippen LogP contribution in [-0.4, -0.2) is 28.7 Å². The molecule has 31 heavy (non-hydrogen) atoms. The lowest BCUT2D eigenvalue weighted by Gasteiger charge is -2.38. The van der Waals surface area contributed by atoms with Gasteiger partial charge in [-0.2, -0.15) is 5.10 Å². The Bertz CT molecular complexity index is 1050. The first kappa shape index (κ1) is 20.0. The molecule has 1 unspecified atom stereocenters. The van der Waals surface area contributed by atoms with Crippen molar-refractivity contribution in [2.45, 2.75) is 31.7 Å². The molecule has 3 aliphatic carbocycles. The second-order valence-electron chi connectivity index (χ2n) is 8.64. The van der Waals surface area contributed by atoms with Crippen molar-refractivity contribution in [2.24, 2.45) is 22.4 Å². The van der Waals surface area contributed by atoms with Gasteiger partial charge in [-0.3, -0.25) is 4.79 Å². The SMILES string of the molecule is O=C([C@H]1CC2(COc3ncc(F)cc3F)CC1C2)N1N=CCC1c1cc(F)cc(F)c1. The average Bonchev–Trinajstić information content (AvgIpc) is 3.39. The molecule has 1 amide bonds. The van der Waals surface area contributed by atoms with Crippen molar-refractivity contribution in [1.82, 2.24) is 9.99 Å². The summed E-state index contributed by atoms with van der Waals surface area (Å²) in [5.41, 5.74) is 0.0989. The second kappa shape index (κ2) is 7.32. The number of carbonyl (C=O) groups is 1. The third-order valence-electron chi connectivity index (χ3n) is 6.54. The standard InChI is InChI=1S/C22H19F4N3O2/c23-14-3-12(4-15(24)5-14)19-1-2-28-29(19)21(30)17-9-22(7-13(17)8-22)11-31-20-18(26)6-16(25)10-27-20/h2-6,10,13,17,19H,1,7-9,11H2/t13?,17-,19?,22?/m0/s1. The van der Waals surface area contributed by atoms with E-state index in [2.05, 4.69) is 10.1 Å². The lowest BCUT2D eigenvalue weighted by molar-refractivity contribution is -0.138. The van der Waals surface area contributed by atoms with Gasteiger partial charge >= 0.3 is 0 Å². The summed E-state index contributed by atoms with van der Waals surface area (Å²) in [5.74, 6) is -3.62. The van der Waals surface area contributed by atoms with Gasteiger partial charge in [-0.05, 0) is 42.9 Å². The van der Waals surface area contributed by atoms with Crippen LogP contribution in [0.2, 0.25) is 0 Å². The number of halogens is 4. The molecule has 2 bridgehead atoms.